The van der Waals surface area contributed by atoms with Crippen LogP contribution < -0.4 is 10.2 Å². The molecule has 2 amide bonds. The summed E-state index contributed by atoms with van der Waals surface area (Å²) >= 11 is 1.33. The molecule has 2 bridgehead atoms. The quantitative estimate of drug-likeness (QED) is 0.832. The summed E-state index contributed by atoms with van der Waals surface area (Å²) in [6.07, 6.45) is 5.00. The summed E-state index contributed by atoms with van der Waals surface area (Å²) in [7, 11) is 0. The molecule has 3 aliphatic rings. The van der Waals surface area contributed by atoms with Crippen molar-refractivity contribution in [3.63, 3.8) is 0 Å². The molecule has 0 radical (unpaired) electrons. The van der Waals surface area contributed by atoms with Crippen molar-refractivity contribution in [2.24, 2.45) is 11.8 Å². The lowest BCUT2D eigenvalue weighted by molar-refractivity contribution is -0.128. The van der Waals surface area contributed by atoms with E-state index >= 15 is 0 Å². The lowest BCUT2D eigenvalue weighted by Gasteiger charge is -2.22. The number of fused-ring (bicyclic) bond motifs is 1. The van der Waals surface area contributed by atoms with E-state index in [0.29, 0.717) is 23.3 Å². The molecule has 9 heteroatoms. The van der Waals surface area contributed by atoms with E-state index in [2.05, 4.69) is 15.5 Å². The number of nitrogens with zero attached hydrogens (tertiary/aromatic N) is 3. The van der Waals surface area contributed by atoms with Gasteiger partial charge in [-0.05, 0) is 6.92 Å². The minimum absolute atomic E-state index is 0.167. The van der Waals surface area contributed by atoms with Crippen LogP contribution in [0.25, 0.3) is 0 Å². The van der Waals surface area contributed by atoms with E-state index in [1.807, 2.05) is 12.2 Å². The minimum Gasteiger partial charge on any atom is -0.360 e. The third kappa shape index (κ3) is 2.02. The van der Waals surface area contributed by atoms with Gasteiger partial charge in [-0.15, -0.1) is 11.3 Å². The topological polar surface area (TPSA) is 97.6 Å². The Morgan fingerprint density at radius 3 is 3.12 bits per heavy atom. The van der Waals surface area contributed by atoms with Crippen LogP contribution >= 0.6 is 11.3 Å². The molecular weight excluding hydrogens is 344 g/mol. The fourth-order valence-electron chi connectivity index (χ4n) is 3.95. The Labute approximate surface area is 146 Å². The molecule has 128 valence electrons. The molecule has 3 aliphatic heterocycles. The Bertz CT molecular complexity index is 892. The maximum Gasteiger partial charge on any atom is 0.235 e. The molecule has 5 rings (SSSR count). The molecule has 3 unspecified atom stereocenters. The number of aromatic nitrogens is 2. The zero-order chi connectivity index (χ0) is 17.2. The number of carbonyl (C=O) groups excluding carboxylic acids is 2. The van der Waals surface area contributed by atoms with Crippen molar-refractivity contribution in [3.8, 4) is 0 Å². The van der Waals surface area contributed by atoms with Crippen molar-refractivity contribution in [2.75, 3.05) is 16.8 Å². The van der Waals surface area contributed by atoms with Crippen molar-refractivity contribution in [3.05, 3.63) is 35.6 Å². The highest BCUT2D eigenvalue weighted by Crippen LogP contribution is 2.52. The number of thiazole rings is 1. The van der Waals surface area contributed by atoms with E-state index < -0.39 is 23.5 Å². The molecule has 0 aliphatic carbocycles. The second-order valence-corrected chi connectivity index (χ2v) is 7.34. The first-order valence-corrected chi connectivity index (χ1v) is 8.78. The predicted molar refractivity (Wildman–Crippen MR) is 88.1 cm³/mol. The number of ether oxygens (including phenoxy) is 1. The van der Waals surface area contributed by atoms with Gasteiger partial charge in [-0.2, -0.15) is 0 Å². The van der Waals surface area contributed by atoms with E-state index in [1.165, 1.54) is 16.2 Å². The summed E-state index contributed by atoms with van der Waals surface area (Å²) in [5, 5.41) is 9.01. The maximum absolute atomic E-state index is 13.0. The van der Waals surface area contributed by atoms with Crippen LogP contribution in [-0.4, -0.2) is 40.2 Å². The molecule has 8 nitrogen and oxygen atoms in total. The molecule has 1 spiro atoms. The lowest BCUT2D eigenvalue weighted by atomic mass is 9.77. The summed E-state index contributed by atoms with van der Waals surface area (Å²) in [6.45, 7) is 2.10. The third-order valence-corrected chi connectivity index (χ3v) is 5.65. The van der Waals surface area contributed by atoms with Gasteiger partial charge in [-0.3, -0.25) is 14.5 Å². The van der Waals surface area contributed by atoms with Crippen LogP contribution in [-0.2, 0) is 14.3 Å². The van der Waals surface area contributed by atoms with Gasteiger partial charge in [-0.1, -0.05) is 17.3 Å². The van der Waals surface area contributed by atoms with Gasteiger partial charge in [0.1, 0.15) is 11.4 Å². The van der Waals surface area contributed by atoms with Crippen LogP contribution in [0.5, 0.6) is 0 Å². The smallest absolute Gasteiger partial charge is 0.235 e. The molecule has 2 aromatic rings. The Morgan fingerprint density at radius 1 is 1.52 bits per heavy atom. The van der Waals surface area contributed by atoms with Crippen LogP contribution in [0.15, 0.2) is 34.3 Å². The standard InChI is InChI=1S/C16H14N4O4S/c1-8-6-10(19-24-8)20-7-16-3-2-9(23-16)11(12(16)14(20)22)13(21)18-15-17-4-5-25-15/h2-6,9,11-12H,7H2,1H3,(H,17,18,21)/t9?,11?,12?,16-/m0/s1. The molecule has 25 heavy (non-hydrogen) atoms. The Kier molecular flexibility index (Phi) is 2.95. The van der Waals surface area contributed by atoms with Crippen LogP contribution in [0.1, 0.15) is 5.76 Å². The third-order valence-electron chi connectivity index (χ3n) is 4.96. The summed E-state index contributed by atoms with van der Waals surface area (Å²) < 4.78 is 11.1. The number of anilines is 2. The molecule has 4 atom stereocenters. The van der Waals surface area contributed by atoms with E-state index in [4.69, 9.17) is 9.26 Å². The van der Waals surface area contributed by atoms with Gasteiger partial charge in [0, 0.05) is 17.6 Å². The first kappa shape index (κ1) is 14.8. The summed E-state index contributed by atoms with van der Waals surface area (Å²) in [5.74, 6) is -0.497. The van der Waals surface area contributed by atoms with E-state index in [-0.39, 0.29) is 11.8 Å². The van der Waals surface area contributed by atoms with Gasteiger partial charge in [-0.25, -0.2) is 4.98 Å². The van der Waals surface area contributed by atoms with Gasteiger partial charge in [0.05, 0.1) is 24.5 Å². The van der Waals surface area contributed by atoms with Crippen LogP contribution in [0.3, 0.4) is 0 Å². The molecule has 2 saturated heterocycles. The van der Waals surface area contributed by atoms with E-state index in [1.54, 1.807) is 24.6 Å². The number of carbonyl (C=O) groups is 2. The highest BCUT2D eigenvalue weighted by Gasteiger charge is 2.67. The number of rotatable bonds is 3. The zero-order valence-electron chi connectivity index (χ0n) is 13.2. The van der Waals surface area contributed by atoms with Gasteiger partial charge in [0.15, 0.2) is 10.9 Å². The fraction of sp³-hybridized carbons (Fsp3) is 0.375. The molecule has 1 N–H and O–H groups in total. The van der Waals surface area contributed by atoms with Gasteiger partial charge < -0.3 is 14.6 Å². The molecule has 2 aromatic heterocycles. The first-order valence-electron chi connectivity index (χ1n) is 7.90. The molecular formula is C16H14N4O4S. The number of amides is 2. The van der Waals surface area contributed by atoms with E-state index in [0.717, 1.165) is 0 Å². The minimum atomic E-state index is -0.778. The van der Waals surface area contributed by atoms with Gasteiger partial charge >= 0.3 is 0 Å². The van der Waals surface area contributed by atoms with Crippen molar-refractivity contribution >= 4 is 34.1 Å². The summed E-state index contributed by atoms with van der Waals surface area (Å²) in [5.41, 5.74) is -0.778. The Morgan fingerprint density at radius 2 is 2.40 bits per heavy atom. The van der Waals surface area contributed by atoms with Crippen molar-refractivity contribution in [1.82, 2.24) is 10.1 Å². The summed E-state index contributed by atoms with van der Waals surface area (Å²) in [4.78, 5) is 31.4. The predicted octanol–water partition coefficient (Wildman–Crippen LogP) is 1.36. The number of aryl methyl sites for hydroxylation is 1. The second kappa shape index (κ2) is 4.99. The van der Waals surface area contributed by atoms with Crippen LogP contribution in [0, 0.1) is 18.8 Å². The van der Waals surface area contributed by atoms with Gasteiger partial charge in [0.2, 0.25) is 11.8 Å². The van der Waals surface area contributed by atoms with Crippen LogP contribution in [0.4, 0.5) is 10.9 Å². The fourth-order valence-corrected chi connectivity index (χ4v) is 4.48. The normalized spacial score (nSPS) is 32.4. The second-order valence-electron chi connectivity index (χ2n) is 6.45. The molecule has 2 fully saturated rings. The SMILES string of the molecule is Cc1cc(N2C[C@]34C=CC(O3)C(C(=O)Nc3nccs3)C4C2=O)no1. The van der Waals surface area contributed by atoms with E-state index in [9.17, 15) is 9.59 Å². The van der Waals surface area contributed by atoms with Crippen LogP contribution in [0.2, 0.25) is 0 Å². The average Bonchev–Trinajstić information content (AvgIpc) is 3.36. The highest BCUT2D eigenvalue weighted by molar-refractivity contribution is 7.13. The average molecular weight is 358 g/mol. The maximum atomic E-state index is 13.0. The molecule has 5 heterocycles. The highest BCUT2D eigenvalue weighted by atomic mass is 32.1. The Balaban J connectivity index is 1.46. The van der Waals surface area contributed by atoms with Crippen molar-refractivity contribution in [2.45, 2.75) is 18.6 Å². The van der Waals surface area contributed by atoms with Crippen molar-refractivity contribution < 1.29 is 18.8 Å². The molecule has 0 aromatic carbocycles. The Hall–Kier alpha value is -2.52. The number of hydrogen-bond acceptors (Lipinski definition) is 7. The monoisotopic (exact) mass is 358 g/mol. The zero-order valence-corrected chi connectivity index (χ0v) is 14.0. The largest absolute Gasteiger partial charge is 0.360 e. The number of hydrogen-bond donors (Lipinski definition) is 1. The summed E-state index contributed by atoms with van der Waals surface area (Å²) in [6, 6.07) is 1.70. The number of nitrogens with one attached hydrogen (secondary N) is 1. The lowest BCUT2D eigenvalue weighted by Crippen LogP contribution is -2.41. The molecule has 0 saturated carbocycles. The first-order chi connectivity index (χ1) is 12.1. The van der Waals surface area contributed by atoms with Crippen molar-refractivity contribution in [1.29, 1.82) is 0 Å². The van der Waals surface area contributed by atoms with Gasteiger partial charge in [0.25, 0.3) is 0 Å².